The van der Waals surface area contributed by atoms with Gasteiger partial charge in [-0.2, -0.15) is 0 Å². The molecule has 1 saturated heterocycles. The molecule has 2 aliphatic heterocycles. The summed E-state index contributed by atoms with van der Waals surface area (Å²) in [4.78, 5) is 32.2. The van der Waals surface area contributed by atoms with E-state index in [0.29, 0.717) is 24.5 Å². The normalized spacial score (nSPS) is 16.4. The van der Waals surface area contributed by atoms with Crippen molar-refractivity contribution in [1.82, 2.24) is 14.9 Å². The first-order valence-corrected chi connectivity index (χ1v) is 12.9. The Morgan fingerprint density at radius 2 is 1.92 bits per heavy atom. The van der Waals surface area contributed by atoms with Gasteiger partial charge in [-0.25, -0.2) is 0 Å². The van der Waals surface area contributed by atoms with E-state index in [0.717, 1.165) is 41.2 Å². The van der Waals surface area contributed by atoms with Gasteiger partial charge in [0.15, 0.2) is 0 Å². The number of rotatable bonds is 7. The third-order valence-corrected chi connectivity index (χ3v) is 7.05. The summed E-state index contributed by atoms with van der Waals surface area (Å²) in [6.45, 7) is 8.11. The monoisotopic (exact) mass is 524 g/mol. The minimum Gasteiger partial charge on any atom is -0.494 e. The van der Waals surface area contributed by atoms with Gasteiger partial charge in [0.05, 0.1) is 12.8 Å². The smallest absolute Gasteiger partial charge is 0.247 e. The van der Waals surface area contributed by atoms with Gasteiger partial charge in [0.25, 0.3) is 0 Å². The zero-order valence-corrected chi connectivity index (χ0v) is 22.1. The molecule has 3 aromatic rings. The van der Waals surface area contributed by atoms with Crippen molar-refractivity contribution < 1.29 is 14.3 Å². The highest BCUT2D eigenvalue weighted by atomic mass is 16.5. The summed E-state index contributed by atoms with van der Waals surface area (Å²) >= 11 is 0. The largest absolute Gasteiger partial charge is 0.494 e. The zero-order chi connectivity index (χ0) is 27.4. The number of hydrogen-bond acceptors (Lipinski definition) is 7. The molecule has 2 amide bonds. The SMILES string of the molecule is C=CC(=O)Nc1cccc(C2c3cnccc3C=CN2Nc2ccc(N3CCN(C(C)=O)CC3)cc2OC)c1. The minimum absolute atomic E-state index is 0.112. The van der Waals surface area contributed by atoms with Crippen LogP contribution in [0.25, 0.3) is 6.08 Å². The number of hydrogen-bond donors (Lipinski definition) is 2. The lowest BCUT2D eigenvalue weighted by Crippen LogP contribution is -2.48. The van der Waals surface area contributed by atoms with E-state index in [1.807, 2.05) is 70.8 Å². The van der Waals surface area contributed by atoms with Crippen LogP contribution in [0.3, 0.4) is 0 Å². The fraction of sp³-hybridized carbons (Fsp3) is 0.233. The first-order chi connectivity index (χ1) is 19.0. The summed E-state index contributed by atoms with van der Waals surface area (Å²) in [5.74, 6) is 0.555. The van der Waals surface area contributed by atoms with Crippen molar-refractivity contribution in [3.63, 3.8) is 0 Å². The Balaban J connectivity index is 1.43. The quantitative estimate of drug-likeness (QED) is 0.446. The van der Waals surface area contributed by atoms with Gasteiger partial charge in [0, 0.05) is 74.7 Å². The van der Waals surface area contributed by atoms with Crippen molar-refractivity contribution in [2.75, 3.05) is 48.9 Å². The molecule has 9 nitrogen and oxygen atoms in total. The van der Waals surface area contributed by atoms with Gasteiger partial charge in [-0.15, -0.1) is 0 Å². The van der Waals surface area contributed by atoms with E-state index >= 15 is 0 Å². The van der Waals surface area contributed by atoms with Crippen LogP contribution in [0.15, 0.2) is 79.8 Å². The number of fused-ring (bicyclic) bond motifs is 1. The lowest BCUT2D eigenvalue weighted by atomic mass is 9.93. The molecule has 200 valence electrons. The number of piperazine rings is 1. The number of methoxy groups -OCH3 is 1. The highest BCUT2D eigenvalue weighted by Gasteiger charge is 2.27. The van der Waals surface area contributed by atoms with E-state index < -0.39 is 0 Å². The molecule has 2 aromatic carbocycles. The van der Waals surface area contributed by atoms with Gasteiger partial charge >= 0.3 is 0 Å². The molecule has 0 radical (unpaired) electrons. The molecule has 1 atom stereocenters. The fourth-order valence-corrected chi connectivity index (χ4v) is 5.00. The van der Waals surface area contributed by atoms with Gasteiger partial charge in [0.2, 0.25) is 11.8 Å². The van der Waals surface area contributed by atoms with Crippen molar-refractivity contribution in [3.05, 3.63) is 96.5 Å². The van der Waals surface area contributed by atoms with E-state index in [4.69, 9.17) is 4.74 Å². The fourth-order valence-electron chi connectivity index (χ4n) is 5.00. The first-order valence-electron chi connectivity index (χ1n) is 12.9. The predicted molar refractivity (Wildman–Crippen MR) is 153 cm³/mol. The van der Waals surface area contributed by atoms with Gasteiger partial charge in [-0.3, -0.25) is 25.0 Å². The highest BCUT2D eigenvalue weighted by molar-refractivity contribution is 5.98. The lowest BCUT2D eigenvalue weighted by Gasteiger charge is -2.37. The van der Waals surface area contributed by atoms with Crippen molar-refractivity contribution in [2.24, 2.45) is 0 Å². The lowest BCUT2D eigenvalue weighted by molar-refractivity contribution is -0.129. The summed E-state index contributed by atoms with van der Waals surface area (Å²) in [6, 6.07) is 15.6. The topological polar surface area (TPSA) is 90.0 Å². The Bertz CT molecular complexity index is 1410. The maximum atomic E-state index is 11.9. The third kappa shape index (κ3) is 5.57. The maximum absolute atomic E-state index is 11.9. The van der Waals surface area contributed by atoms with Gasteiger partial charge in [-0.05, 0) is 53.6 Å². The van der Waals surface area contributed by atoms with Crippen molar-refractivity contribution in [1.29, 1.82) is 0 Å². The maximum Gasteiger partial charge on any atom is 0.247 e. The Morgan fingerprint density at radius 1 is 1.10 bits per heavy atom. The number of ether oxygens (including phenoxy) is 1. The molecule has 5 rings (SSSR count). The molecule has 9 heteroatoms. The average molecular weight is 525 g/mol. The summed E-state index contributed by atoms with van der Waals surface area (Å²) in [5.41, 5.74) is 9.14. The number of anilines is 3. The number of carbonyl (C=O) groups is 2. The number of carbonyl (C=O) groups excluding carboxylic acids is 2. The second-order valence-corrected chi connectivity index (χ2v) is 9.44. The van der Waals surface area contributed by atoms with E-state index in [1.165, 1.54) is 6.08 Å². The molecule has 1 aromatic heterocycles. The predicted octanol–water partition coefficient (Wildman–Crippen LogP) is 4.29. The van der Waals surface area contributed by atoms with E-state index in [-0.39, 0.29) is 17.9 Å². The molecule has 0 saturated carbocycles. The van der Waals surface area contributed by atoms with Crippen LogP contribution in [0.5, 0.6) is 5.75 Å². The van der Waals surface area contributed by atoms with Crippen molar-refractivity contribution >= 4 is 35.0 Å². The number of hydrazine groups is 1. The van der Waals surface area contributed by atoms with Crippen LogP contribution in [0.1, 0.15) is 29.7 Å². The van der Waals surface area contributed by atoms with Crippen LogP contribution in [0.4, 0.5) is 17.1 Å². The number of amides is 2. The molecule has 3 heterocycles. The number of nitrogens with one attached hydrogen (secondary N) is 2. The molecule has 2 aliphatic rings. The number of pyridine rings is 1. The molecule has 1 fully saturated rings. The van der Waals surface area contributed by atoms with E-state index in [9.17, 15) is 9.59 Å². The number of benzene rings is 2. The summed E-state index contributed by atoms with van der Waals surface area (Å²) in [6.07, 6.45) is 8.94. The average Bonchev–Trinajstić information content (AvgIpc) is 2.97. The molecule has 0 aliphatic carbocycles. The van der Waals surface area contributed by atoms with Crippen LogP contribution < -0.4 is 20.4 Å². The van der Waals surface area contributed by atoms with Gasteiger partial charge in [0.1, 0.15) is 11.8 Å². The molecule has 0 bridgehead atoms. The zero-order valence-electron chi connectivity index (χ0n) is 22.1. The molecular weight excluding hydrogens is 492 g/mol. The molecule has 1 unspecified atom stereocenters. The highest BCUT2D eigenvalue weighted by Crippen LogP contribution is 2.38. The van der Waals surface area contributed by atoms with Gasteiger partial charge < -0.3 is 19.9 Å². The number of aromatic nitrogens is 1. The summed E-state index contributed by atoms with van der Waals surface area (Å²) in [5, 5.41) is 4.86. The second kappa shape index (κ2) is 11.3. The summed E-state index contributed by atoms with van der Waals surface area (Å²) < 4.78 is 5.79. The molecule has 0 spiro atoms. The van der Waals surface area contributed by atoms with Crippen LogP contribution in [-0.2, 0) is 9.59 Å². The Morgan fingerprint density at radius 3 is 2.67 bits per heavy atom. The van der Waals surface area contributed by atoms with E-state index in [1.54, 1.807) is 20.2 Å². The summed E-state index contributed by atoms with van der Waals surface area (Å²) in [7, 11) is 1.66. The van der Waals surface area contributed by atoms with Crippen LogP contribution in [0.2, 0.25) is 0 Å². The van der Waals surface area contributed by atoms with Gasteiger partial charge in [-0.1, -0.05) is 18.7 Å². The molecular formula is C30H32N6O3. The Labute approximate surface area is 228 Å². The standard InChI is InChI=1S/C30H32N6O3/c1-4-29(38)32-24-7-5-6-23(18-24)30-26-20-31-12-10-22(26)11-13-36(30)33-27-9-8-25(19-28(27)39-3)35-16-14-34(15-17-35)21(2)37/h4-13,18-20,30,33H,1,14-17H2,2-3H3,(H,32,38). The third-order valence-electron chi connectivity index (χ3n) is 7.05. The van der Waals surface area contributed by atoms with Crippen molar-refractivity contribution in [3.8, 4) is 5.75 Å². The first kappa shape index (κ1) is 25.8. The Kier molecular flexibility index (Phi) is 7.49. The van der Waals surface area contributed by atoms with Crippen LogP contribution in [0, 0.1) is 0 Å². The van der Waals surface area contributed by atoms with Crippen molar-refractivity contribution in [2.45, 2.75) is 13.0 Å². The Hall–Kier alpha value is -4.79. The molecule has 39 heavy (non-hydrogen) atoms. The van der Waals surface area contributed by atoms with E-state index in [2.05, 4.69) is 33.3 Å². The van der Waals surface area contributed by atoms with Crippen LogP contribution >= 0.6 is 0 Å². The number of nitrogens with zero attached hydrogens (tertiary/aromatic N) is 4. The second-order valence-electron chi connectivity index (χ2n) is 9.44. The van der Waals surface area contributed by atoms with Crippen LogP contribution in [-0.4, -0.2) is 60.0 Å². The minimum atomic E-state index is -0.264. The molecule has 2 N–H and O–H groups in total.